The predicted molar refractivity (Wildman–Crippen MR) is 149 cm³/mol. The number of piperidine rings is 1. The molecule has 212 valence electrons. The third kappa shape index (κ3) is 6.03. The standard InChI is InChI=1S/C30H31FN6O4/c1-2-25(20-12-13-36(26(14-20)28(32)38)30(40)41-18-19-6-4-3-5-7-19)35-29(39)24-15-33-17-27-23(24)16-34-37(27)22-10-8-21(31)9-11-22/h3-11,15-17,20,25-26H,2,12-14,18H2,1H3,(H2,32,38)(H,35,39)/t20?,25-,26?/m0/s1. The Kier molecular flexibility index (Phi) is 8.23. The molecular weight excluding hydrogens is 527 g/mol. The quantitative estimate of drug-likeness (QED) is 0.336. The highest BCUT2D eigenvalue weighted by atomic mass is 19.1. The van der Waals surface area contributed by atoms with Crippen LogP contribution in [0.4, 0.5) is 9.18 Å². The van der Waals surface area contributed by atoms with E-state index in [9.17, 15) is 18.8 Å². The van der Waals surface area contributed by atoms with Gasteiger partial charge >= 0.3 is 6.09 Å². The highest BCUT2D eigenvalue weighted by Gasteiger charge is 2.39. The van der Waals surface area contributed by atoms with Crippen LogP contribution in [0.1, 0.15) is 42.1 Å². The molecule has 11 heteroatoms. The van der Waals surface area contributed by atoms with Crippen LogP contribution in [0, 0.1) is 11.7 Å². The van der Waals surface area contributed by atoms with Crippen molar-refractivity contribution in [2.24, 2.45) is 11.7 Å². The minimum atomic E-state index is -0.845. The topological polar surface area (TPSA) is 132 Å². The van der Waals surface area contributed by atoms with Gasteiger partial charge in [-0.05, 0) is 55.0 Å². The van der Waals surface area contributed by atoms with Gasteiger partial charge in [-0.25, -0.2) is 13.9 Å². The Morgan fingerprint density at radius 2 is 1.85 bits per heavy atom. The van der Waals surface area contributed by atoms with Crippen molar-refractivity contribution >= 4 is 28.8 Å². The lowest BCUT2D eigenvalue weighted by atomic mass is 9.83. The molecule has 5 rings (SSSR count). The molecule has 0 bridgehead atoms. The number of rotatable bonds is 8. The number of nitrogens with one attached hydrogen (secondary N) is 1. The lowest BCUT2D eigenvalue weighted by Crippen LogP contribution is -2.55. The van der Waals surface area contributed by atoms with Crippen molar-refractivity contribution in [2.45, 2.75) is 44.9 Å². The predicted octanol–water partition coefficient (Wildman–Crippen LogP) is 3.97. The summed E-state index contributed by atoms with van der Waals surface area (Å²) < 4.78 is 20.4. The van der Waals surface area contributed by atoms with Gasteiger partial charge in [0.05, 0.1) is 29.2 Å². The largest absolute Gasteiger partial charge is 0.445 e. The molecule has 3 heterocycles. The Labute approximate surface area is 236 Å². The number of nitrogens with zero attached hydrogens (tertiary/aromatic N) is 4. The molecule has 1 fully saturated rings. The number of primary amides is 1. The SMILES string of the molecule is CC[C@H](NC(=O)c1cncc2c1cnn2-c1ccc(F)cc1)C1CCN(C(=O)OCc2ccccc2)C(C(N)=O)C1. The van der Waals surface area contributed by atoms with Gasteiger partial charge in [0.25, 0.3) is 5.91 Å². The van der Waals surface area contributed by atoms with Crippen molar-refractivity contribution in [3.63, 3.8) is 0 Å². The molecule has 1 aliphatic rings. The average Bonchev–Trinajstić information content (AvgIpc) is 3.43. The van der Waals surface area contributed by atoms with Crippen molar-refractivity contribution in [1.29, 1.82) is 0 Å². The molecule has 4 aromatic rings. The summed E-state index contributed by atoms with van der Waals surface area (Å²) in [7, 11) is 0. The number of benzene rings is 2. The summed E-state index contributed by atoms with van der Waals surface area (Å²) in [6, 6.07) is 14.0. The van der Waals surface area contributed by atoms with Crippen LogP contribution in [-0.4, -0.2) is 56.2 Å². The first-order valence-electron chi connectivity index (χ1n) is 13.5. The molecule has 0 spiro atoms. The lowest BCUT2D eigenvalue weighted by molar-refractivity contribution is -0.124. The number of aromatic nitrogens is 3. The van der Waals surface area contributed by atoms with E-state index in [1.165, 1.54) is 23.2 Å². The molecule has 2 unspecified atom stereocenters. The normalized spacial score (nSPS) is 17.7. The molecule has 0 aliphatic carbocycles. The van der Waals surface area contributed by atoms with Gasteiger partial charge in [0, 0.05) is 24.2 Å². The maximum absolute atomic E-state index is 13.5. The van der Waals surface area contributed by atoms with Gasteiger partial charge < -0.3 is 15.8 Å². The fourth-order valence-electron chi connectivity index (χ4n) is 5.36. The number of hydrogen-bond acceptors (Lipinski definition) is 6. The van der Waals surface area contributed by atoms with Crippen LogP contribution in [0.3, 0.4) is 0 Å². The van der Waals surface area contributed by atoms with Crippen molar-refractivity contribution in [3.05, 3.63) is 90.1 Å². The Morgan fingerprint density at radius 3 is 2.56 bits per heavy atom. The number of carbonyl (C=O) groups is 3. The second kappa shape index (κ2) is 12.2. The van der Waals surface area contributed by atoms with E-state index in [4.69, 9.17) is 10.5 Å². The van der Waals surface area contributed by atoms with Crippen molar-refractivity contribution < 1.29 is 23.5 Å². The number of carbonyl (C=O) groups excluding carboxylic acids is 3. The van der Waals surface area contributed by atoms with Crippen molar-refractivity contribution in [2.75, 3.05) is 6.54 Å². The Bertz CT molecular complexity index is 1540. The number of amides is 3. The van der Waals surface area contributed by atoms with Crippen LogP contribution < -0.4 is 11.1 Å². The van der Waals surface area contributed by atoms with Crippen molar-refractivity contribution in [1.82, 2.24) is 25.0 Å². The monoisotopic (exact) mass is 558 g/mol. The Hall–Kier alpha value is -4.80. The number of halogens is 1. The number of nitrogens with two attached hydrogens (primary N) is 1. The van der Waals surface area contributed by atoms with Gasteiger partial charge in [-0.3, -0.25) is 19.5 Å². The van der Waals surface area contributed by atoms with E-state index in [1.54, 1.807) is 29.2 Å². The smallest absolute Gasteiger partial charge is 0.410 e. The molecule has 1 saturated heterocycles. The van der Waals surface area contributed by atoms with E-state index in [1.807, 2.05) is 37.3 Å². The summed E-state index contributed by atoms with van der Waals surface area (Å²) in [6.07, 6.45) is 5.55. The van der Waals surface area contributed by atoms with Gasteiger partial charge in [-0.1, -0.05) is 37.3 Å². The molecular formula is C30H31FN6O4. The average molecular weight is 559 g/mol. The van der Waals surface area contributed by atoms with Gasteiger partial charge in [0.15, 0.2) is 0 Å². The zero-order valence-corrected chi connectivity index (χ0v) is 22.6. The van der Waals surface area contributed by atoms with Crippen LogP contribution in [0.25, 0.3) is 16.6 Å². The van der Waals surface area contributed by atoms with E-state index >= 15 is 0 Å². The second-order valence-corrected chi connectivity index (χ2v) is 10.1. The highest BCUT2D eigenvalue weighted by Crippen LogP contribution is 2.29. The molecule has 3 atom stereocenters. The van der Waals surface area contributed by atoms with Crippen LogP contribution >= 0.6 is 0 Å². The second-order valence-electron chi connectivity index (χ2n) is 10.1. The summed E-state index contributed by atoms with van der Waals surface area (Å²) in [6.45, 7) is 2.33. The van der Waals surface area contributed by atoms with Crippen molar-refractivity contribution in [3.8, 4) is 5.69 Å². The zero-order valence-electron chi connectivity index (χ0n) is 22.6. The molecule has 41 heavy (non-hydrogen) atoms. The van der Waals surface area contributed by atoms with E-state index < -0.39 is 18.0 Å². The molecule has 3 amide bonds. The maximum Gasteiger partial charge on any atom is 0.410 e. The van der Waals surface area contributed by atoms with E-state index in [0.717, 1.165) is 5.56 Å². The summed E-state index contributed by atoms with van der Waals surface area (Å²) >= 11 is 0. The van der Waals surface area contributed by atoms with E-state index in [2.05, 4.69) is 15.4 Å². The molecule has 0 radical (unpaired) electrons. The van der Waals surface area contributed by atoms with Gasteiger partial charge in [-0.15, -0.1) is 0 Å². The Balaban J connectivity index is 1.28. The molecule has 10 nitrogen and oxygen atoms in total. The number of ether oxygens (including phenoxy) is 1. The minimum Gasteiger partial charge on any atom is -0.445 e. The Morgan fingerprint density at radius 1 is 1.10 bits per heavy atom. The van der Waals surface area contributed by atoms with Crippen LogP contribution in [0.15, 0.2) is 73.2 Å². The number of hydrogen-bond donors (Lipinski definition) is 2. The third-order valence-electron chi connectivity index (χ3n) is 7.55. The fraction of sp³-hybridized carbons (Fsp3) is 0.300. The van der Waals surface area contributed by atoms with Gasteiger partial charge in [-0.2, -0.15) is 5.10 Å². The van der Waals surface area contributed by atoms with Crippen LogP contribution in [0.5, 0.6) is 0 Å². The molecule has 3 N–H and O–H groups in total. The van der Waals surface area contributed by atoms with Gasteiger partial charge in [0.2, 0.25) is 5.91 Å². The number of fused-ring (bicyclic) bond motifs is 1. The molecule has 0 saturated carbocycles. The first kappa shape index (κ1) is 27.8. The maximum atomic E-state index is 13.5. The molecule has 1 aliphatic heterocycles. The van der Waals surface area contributed by atoms with Crippen LogP contribution in [0.2, 0.25) is 0 Å². The summed E-state index contributed by atoms with van der Waals surface area (Å²) in [4.78, 5) is 44.3. The van der Waals surface area contributed by atoms with E-state index in [0.29, 0.717) is 41.4 Å². The highest BCUT2D eigenvalue weighted by molar-refractivity contribution is 6.06. The number of likely N-dealkylation sites (tertiary alicyclic amines) is 1. The lowest BCUT2D eigenvalue weighted by Gasteiger charge is -2.40. The summed E-state index contributed by atoms with van der Waals surface area (Å²) in [5.41, 5.74) is 8.14. The first-order valence-corrected chi connectivity index (χ1v) is 13.5. The summed E-state index contributed by atoms with van der Waals surface area (Å²) in [5, 5.41) is 8.09. The summed E-state index contributed by atoms with van der Waals surface area (Å²) in [5.74, 6) is -1.39. The molecule has 2 aromatic carbocycles. The zero-order chi connectivity index (χ0) is 28.9. The van der Waals surface area contributed by atoms with E-state index in [-0.39, 0.29) is 36.8 Å². The fourth-order valence-corrected chi connectivity index (χ4v) is 5.36. The number of pyridine rings is 1. The third-order valence-corrected chi connectivity index (χ3v) is 7.55. The van der Waals surface area contributed by atoms with Crippen LogP contribution in [-0.2, 0) is 16.1 Å². The first-order chi connectivity index (χ1) is 19.9. The van der Waals surface area contributed by atoms with Gasteiger partial charge in [0.1, 0.15) is 18.5 Å². The minimum absolute atomic E-state index is 0.0891. The molecule has 2 aromatic heterocycles.